The second-order valence-corrected chi connectivity index (χ2v) is 2.59. The molecule has 0 aliphatic rings. The molecule has 3 N–H and O–H groups in total. The molecule has 0 aliphatic carbocycles. The largest absolute Gasteiger partial charge is 0.508 e. The lowest BCUT2D eigenvalue weighted by Gasteiger charge is -2.09. The summed E-state index contributed by atoms with van der Waals surface area (Å²) >= 11 is 0. The van der Waals surface area contributed by atoms with Crippen molar-refractivity contribution in [2.45, 2.75) is 6.10 Å². The Labute approximate surface area is 75.1 Å². The summed E-state index contributed by atoms with van der Waals surface area (Å²) < 4.78 is 0. The predicted octanol–water partition coefficient (Wildman–Crippen LogP) is -0.0130. The van der Waals surface area contributed by atoms with Crippen molar-refractivity contribution in [3.8, 4) is 5.75 Å². The molecule has 1 aromatic carbocycles. The van der Waals surface area contributed by atoms with E-state index in [-0.39, 0.29) is 11.3 Å². The van der Waals surface area contributed by atoms with Gasteiger partial charge in [0.1, 0.15) is 18.5 Å². The van der Waals surface area contributed by atoms with Crippen LogP contribution in [0.25, 0.3) is 0 Å². The monoisotopic (exact) mass is 182 g/mol. The van der Waals surface area contributed by atoms with Crippen LogP contribution in [0.1, 0.15) is 11.7 Å². The van der Waals surface area contributed by atoms with Crippen molar-refractivity contribution < 1.29 is 20.1 Å². The van der Waals surface area contributed by atoms with Gasteiger partial charge in [-0.3, -0.25) is 4.79 Å². The molecule has 0 radical (unpaired) electrons. The Kier molecular flexibility index (Phi) is 3.00. The average Bonchev–Trinajstić information content (AvgIpc) is 2.16. The van der Waals surface area contributed by atoms with E-state index in [4.69, 9.17) is 5.11 Å². The maximum atomic E-state index is 10.9. The molecule has 0 heterocycles. The Hall–Kier alpha value is -1.39. The molecule has 0 bridgehead atoms. The summed E-state index contributed by atoms with van der Waals surface area (Å²) in [5, 5.41) is 27.0. The summed E-state index contributed by atoms with van der Waals surface area (Å²) in [6.07, 6.45) is -1.45. The third-order valence-electron chi connectivity index (χ3n) is 1.69. The lowest BCUT2D eigenvalue weighted by atomic mass is 10.1. The molecule has 1 unspecified atom stereocenters. The first-order valence-electron chi connectivity index (χ1n) is 3.76. The number of hydrogen-bond acceptors (Lipinski definition) is 4. The van der Waals surface area contributed by atoms with E-state index >= 15 is 0 Å². The molecule has 0 fully saturated rings. The molecule has 1 aromatic rings. The molecule has 70 valence electrons. The molecule has 4 heteroatoms. The fourth-order valence-corrected chi connectivity index (χ4v) is 0.979. The highest BCUT2D eigenvalue weighted by Gasteiger charge is 2.18. The van der Waals surface area contributed by atoms with Gasteiger partial charge in [-0.15, -0.1) is 0 Å². The van der Waals surface area contributed by atoms with Gasteiger partial charge in [-0.1, -0.05) is 18.2 Å². The van der Waals surface area contributed by atoms with Crippen molar-refractivity contribution in [3.05, 3.63) is 29.8 Å². The van der Waals surface area contributed by atoms with Crippen LogP contribution < -0.4 is 0 Å². The Bertz CT molecular complexity index is 308. The molecule has 4 nitrogen and oxygen atoms in total. The van der Waals surface area contributed by atoms with Gasteiger partial charge in [0.25, 0.3) is 0 Å². The van der Waals surface area contributed by atoms with Crippen LogP contribution in [-0.2, 0) is 4.79 Å². The standard InChI is InChI=1S/C9H10O4/c10-5-8(12)9(13)6-3-1-2-4-7(6)11/h1-4,9-11,13H,5H2. The maximum absolute atomic E-state index is 10.9. The van der Waals surface area contributed by atoms with Gasteiger partial charge in [0.05, 0.1) is 0 Å². The van der Waals surface area contributed by atoms with Crippen LogP contribution in [-0.4, -0.2) is 27.7 Å². The molecule has 1 atom stereocenters. The molecule has 13 heavy (non-hydrogen) atoms. The highest BCUT2D eigenvalue weighted by Crippen LogP contribution is 2.23. The summed E-state index contributed by atoms with van der Waals surface area (Å²) in [6, 6.07) is 5.95. The van der Waals surface area contributed by atoms with E-state index < -0.39 is 18.5 Å². The molecule has 0 spiro atoms. The van der Waals surface area contributed by atoms with E-state index in [9.17, 15) is 15.0 Å². The van der Waals surface area contributed by atoms with Crippen molar-refractivity contribution in [3.63, 3.8) is 0 Å². The smallest absolute Gasteiger partial charge is 0.191 e. The number of aliphatic hydroxyl groups is 2. The van der Waals surface area contributed by atoms with E-state index in [1.54, 1.807) is 12.1 Å². The molecule has 0 amide bonds. The van der Waals surface area contributed by atoms with Gasteiger partial charge in [-0.05, 0) is 6.07 Å². The molecule has 0 aliphatic heterocycles. The fraction of sp³-hybridized carbons (Fsp3) is 0.222. The lowest BCUT2D eigenvalue weighted by Crippen LogP contribution is -2.15. The number of aliphatic hydroxyl groups excluding tert-OH is 2. The van der Waals surface area contributed by atoms with Crippen LogP contribution >= 0.6 is 0 Å². The lowest BCUT2D eigenvalue weighted by molar-refractivity contribution is -0.130. The van der Waals surface area contributed by atoms with Crippen molar-refractivity contribution in [2.24, 2.45) is 0 Å². The predicted molar refractivity (Wildman–Crippen MR) is 45.2 cm³/mol. The van der Waals surface area contributed by atoms with Crippen LogP contribution in [0, 0.1) is 0 Å². The Morgan fingerprint density at radius 2 is 2.00 bits per heavy atom. The van der Waals surface area contributed by atoms with Gasteiger partial charge in [0.15, 0.2) is 5.78 Å². The van der Waals surface area contributed by atoms with Crippen LogP contribution in [0.4, 0.5) is 0 Å². The van der Waals surface area contributed by atoms with E-state index in [1.807, 2.05) is 0 Å². The SMILES string of the molecule is O=C(CO)C(O)c1ccccc1O. The first-order chi connectivity index (χ1) is 6.16. The minimum absolute atomic E-state index is 0.113. The number of phenolic OH excluding ortho intramolecular Hbond substituents is 1. The third-order valence-corrected chi connectivity index (χ3v) is 1.69. The molecular weight excluding hydrogens is 172 g/mol. The average molecular weight is 182 g/mol. The summed E-state index contributed by atoms with van der Waals surface area (Å²) in [7, 11) is 0. The van der Waals surface area contributed by atoms with Gasteiger partial charge in [0, 0.05) is 5.56 Å². The van der Waals surface area contributed by atoms with Crippen molar-refractivity contribution in [2.75, 3.05) is 6.61 Å². The number of aromatic hydroxyl groups is 1. The zero-order valence-corrected chi connectivity index (χ0v) is 6.84. The first-order valence-corrected chi connectivity index (χ1v) is 3.76. The summed E-state index contributed by atoms with van der Waals surface area (Å²) in [6.45, 7) is -0.741. The number of para-hydroxylation sites is 1. The van der Waals surface area contributed by atoms with E-state index in [1.165, 1.54) is 12.1 Å². The highest BCUT2D eigenvalue weighted by atomic mass is 16.3. The number of carbonyl (C=O) groups excluding carboxylic acids is 1. The zero-order valence-electron chi connectivity index (χ0n) is 6.84. The number of carbonyl (C=O) groups is 1. The van der Waals surface area contributed by atoms with Gasteiger partial charge in [-0.25, -0.2) is 0 Å². The quantitative estimate of drug-likeness (QED) is 0.614. The van der Waals surface area contributed by atoms with Crippen LogP contribution in [0.15, 0.2) is 24.3 Å². The first kappa shape index (κ1) is 9.70. The number of phenols is 1. The van der Waals surface area contributed by atoms with Gasteiger partial charge in [-0.2, -0.15) is 0 Å². The maximum Gasteiger partial charge on any atom is 0.191 e. The zero-order chi connectivity index (χ0) is 9.84. The number of rotatable bonds is 3. The van der Waals surface area contributed by atoms with Gasteiger partial charge >= 0.3 is 0 Å². The molecule has 0 saturated carbocycles. The molecule has 0 saturated heterocycles. The topological polar surface area (TPSA) is 77.8 Å². The normalized spacial score (nSPS) is 12.5. The second kappa shape index (κ2) is 4.02. The number of Topliss-reactive ketones (excluding diaryl/α,β-unsaturated/α-hetero) is 1. The highest BCUT2D eigenvalue weighted by molar-refractivity contribution is 5.85. The van der Waals surface area contributed by atoms with Gasteiger partial charge in [0.2, 0.25) is 0 Å². The summed E-state index contributed by atoms with van der Waals surface area (Å²) in [5.74, 6) is -0.890. The summed E-state index contributed by atoms with van der Waals surface area (Å²) in [4.78, 5) is 10.9. The van der Waals surface area contributed by atoms with E-state index in [0.717, 1.165) is 0 Å². The van der Waals surface area contributed by atoms with Gasteiger partial charge < -0.3 is 15.3 Å². The molecule has 0 aromatic heterocycles. The minimum atomic E-state index is -1.45. The Morgan fingerprint density at radius 1 is 1.38 bits per heavy atom. The Morgan fingerprint density at radius 3 is 2.54 bits per heavy atom. The van der Waals surface area contributed by atoms with Crippen molar-refractivity contribution in [1.29, 1.82) is 0 Å². The number of benzene rings is 1. The Balaban J connectivity index is 2.95. The number of ketones is 1. The van der Waals surface area contributed by atoms with Crippen LogP contribution in [0.2, 0.25) is 0 Å². The van der Waals surface area contributed by atoms with E-state index in [0.29, 0.717) is 0 Å². The van der Waals surface area contributed by atoms with Crippen molar-refractivity contribution in [1.82, 2.24) is 0 Å². The van der Waals surface area contributed by atoms with Crippen LogP contribution in [0.3, 0.4) is 0 Å². The van der Waals surface area contributed by atoms with E-state index in [2.05, 4.69) is 0 Å². The van der Waals surface area contributed by atoms with Crippen molar-refractivity contribution >= 4 is 5.78 Å². The second-order valence-electron chi connectivity index (χ2n) is 2.59. The fourth-order valence-electron chi connectivity index (χ4n) is 0.979. The third kappa shape index (κ3) is 2.05. The molecule has 1 rings (SSSR count). The van der Waals surface area contributed by atoms with Crippen LogP contribution in [0.5, 0.6) is 5.75 Å². The molecular formula is C9H10O4. The number of hydrogen-bond donors (Lipinski definition) is 3. The summed E-state index contributed by atoms with van der Waals surface area (Å²) in [5.41, 5.74) is 0.113. The minimum Gasteiger partial charge on any atom is -0.508 e.